The number of aryl methyl sites for hydroxylation is 1. The highest BCUT2D eigenvalue weighted by Crippen LogP contribution is 2.53. The zero-order valence-corrected chi connectivity index (χ0v) is 33.2. The van der Waals surface area contributed by atoms with E-state index >= 15 is 4.39 Å². The molecule has 19 nitrogen and oxygen atoms in total. The van der Waals surface area contributed by atoms with Gasteiger partial charge in [-0.3, -0.25) is 10.8 Å². The van der Waals surface area contributed by atoms with Gasteiger partial charge in [0, 0.05) is 24.5 Å². The number of nitriles is 1. The van der Waals surface area contributed by atoms with Crippen molar-refractivity contribution in [3.8, 4) is 23.3 Å². The summed E-state index contributed by atoms with van der Waals surface area (Å²) in [6.07, 6.45) is -9.84. The second-order valence-electron chi connectivity index (χ2n) is 11.0. The molecule has 2 aromatic carbocycles. The maximum Gasteiger partial charge on any atom is 0.490 e. The lowest BCUT2D eigenvalue weighted by Gasteiger charge is -2.22. The van der Waals surface area contributed by atoms with Crippen LogP contribution in [-0.2, 0) is 30.6 Å². The first-order valence-corrected chi connectivity index (χ1v) is 19.9. The molecule has 1 unspecified atom stereocenters. The van der Waals surface area contributed by atoms with E-state index in [4.69, 9.17) is 61.3 Å². The summed E-state index contributed by atoms with van der Waals surface area (Å²) in [4.78, 5) is 29.3. The number of guanidine groups is 2. The lowest BCUT2D eigenvalue weighted by Crippen LogP contribution is -2.32. The molecule has 0 aliphatic heterocycles. The molecular weight excluding hydrogens is 895 g/mol. The molecule has 0 amide bonds. The number of thiophene rings is 1. The van der Waals surface area contributed by atoms with Gasteiger partial charge in [0.25, 0.3) is 0 Å². The molecule has 0 fully saturated rings. The number of nitrogens with two attached hydrogens (primary N) is 2. The number of sulfonamides is 1. The predicted octanol–water partition coefficient (Wildman–Crippen LogP) is 3.18. The number of carboxylic acids is 2. The minimum atomic E-state index is -5.21. The number of alkyl halides is 6. The smallest absolute Gasteiger partial charge is 0.489 e. The zero-order chi connectivity index (χ0) is 46.4. The molecule has 334 valence electrons. The highest BCUT2D eigenvalue weighted by Gasteiger charge is 2.41. The largest absolute Gasteiger partial charge is 0.490 e. The summed E-state index contributed by atoms with van der Waals surface area (Å²) in [6, 6.07) is 4.47. The third kappa shape index (κ3) is 15.2. The second kappa shape index (κ2) is 22.1. The first-order chi connectivity index (χ1) is 27.6. The van der Waals surface area contributed by atoms with Crippen molar-refractivity contribution in [2.45, 2.75) is 42.7 Å². The standard InChI is InChI=1S/C26H33F2N8O7PS2.2C2HF3O2/c1-3-16-18-22(44(37,38)43-15-7-6-14(13-29)17(27)12-15)21(42-11-5-9-36-26(32)33)20(41-10-4-8-35-25(30)31)19(28)23(18)45-24(16)46(39,40)34-2;2*3-2(4,5)1(6)7/h6-7,12,34H,3-5,8-11H2,1-2H3,(H,37,38)(H4,30,31,35)(H4,32,33,36);2*(H,6,7). The number of halogens is 8. The van der Waals surface area contributed by atoms with Gasteiger partial charge in [-0.1, -0.05) is 6.92 Å². The van der Waals surface area contributed by atoms with Gasteiger partial charge in [-0.25, -0.2) is 36.1 Å². The fourth-order valence-electron chi connectivity index (χ4n) is 4.21. The molecule has 12 N–H and O–H groups in total. The van der Waals surface area contributed by atoms with Crippen molar-refractivity contribution >= 4 is 68.2 Å². The Morgan fingerprint density at radius 2 is 1.42 bits per heavy atom. The summed E-state index contributed by atoms with van der Waals surface area (Å²) in [5.41, 5.74) is 10.2. The molecule has 3 rings (SSSR count). The number of rotatable bonds is 16. The number of aliphatic carboxylic acids is 2. The van der Waals surface area contributed by atoms with Crippen molar-refractivity contribution in [1.29, 1.82) is 16.1 Å². The maximum atomic E-state index is 16.4. The molecule has 0 saturated carbocycles. The van der Waals surface area contributed by atoms with Gasteiger partial charge in [-0.2, -0.15) is 31.6 Å². The van der Waals surface area contributed by atoms with Crippen LogP contribution in [0, 0.1) is 33.8 Å². The number of nitrogens with zero attached hydrogens (tertiary/aromatic N) is 1. The minimum absolute atomic E-state index is 0.00700. The van der Waals surface area contributed by atoms with E-state index < -0.39 is 76.1 Å². The number of hydrogen-bond acceptors (Lipinski definition) is 12. The number of ether oxygens (including phenoxy) is 2. The SMILES string of the molecule is CCc1c(S(=O)(=O)NC)sc2c(F)c(OCCCNC(=N)N)c(OCCCNC(=N)N)c(P(=O)(O)Oc3ccc(C#N)c(F)c3)c12.O=C(O)C(F)(F)F.O=C(O)C(F)(F)F. The maximum absolute atomic E-state index is 16.4. The molecule has 0 bridgehead atoms. The first-order valence-electron chi connectivity index (χ1n) is 16.1. The number of benzene rings is 2. The van der Waals surface area contributed by atoms with E-state index in [2.05, 4.69) is 15.4 Å². The summed E-state index contributed by atoms with van der Waals surface area (Å²) in [5.74, 6) is -9.88. The van der Waals surface area contributed by atoms with E-state index in [0.717, 1.165) is 25.2 Å². The Bertz CT molecular complexity index is 2230. The summed E-state index contributed by atoms with van der Waals surface area (Å²) < 4.78 is 153. The van der Waals surface area contributed by atoms with Crippen LogP contribution in [0.2, 0.25) is 0 Å². The molecule has 1 heterocycles. The van der Waals surface area contributed by atoms with Crippen LogP contribution in [0.15, 0.2) is 22.4 Å². The Balaban J connectivity index is 0.00000110. The van der Waals surface area contributed by atoms with Crippen molar-refractivity contribution in [1.82, 2.24) is 15.4 Å². The second-order valence-corrected chi connectivity index (χ2v) is 15.8. The summed E-state index contributed by atoms with van der Waals surface area (Å²) >= 11 is 0.507. The fraction of sp³-hybridized carbons (Fsp3) is 0.367. The van der Waals surface area contributed by atoms with Crippen LogP contribution in [0.1, 0.15) is 30.9 Å². The molecule has 0 spiro atoms. The van der Waals surface area contributed by atoms with E-state index in [1.165, 1.54) is 0 Å². The lowest BCUT2D eigenvalue weighted by atomic mass is 10.1. The van der Waals surface area contributed by atoms with E-state index in [0.29, 0.717) is 11.3 Å². The summed E-state index contributed by atoms with van der Waals surface area (Å²) in [6.45, 7) is 1.45. The molecule has 0 aliphatic rings. The minimum Gasteiger partial charge on any atom is -0.489 e. The molecule has 60 heavy (non-hydrogen) atoms. The Morgan fingerprint density at radius 3 is 1.80 bits per heavy atom. The van der Waals surface area contributed by atoms with Gasteiger partial charge in [-0.05, 0) is 44.0 Å². The van der Waals surface area contributed by atoms with Crippen LogP contribution in [-0.4, -0.2) is 93.1 Å². The Morgan fingerprint density at radius 1 is 0.950 bits per heavy atom. The van der Waals surface area contributed by atoms with Gasteiger partial charge in [0.15, 0.2) is 29.2 Å². The highest BCUT2D eigenvalue weighted by atomic mass is 32.2. The van der Waals surface area contributed by atoms with E-state index in [-0.39, 0.29) is 82.9 Å². The van der Waals surface area contributed by atoms with Crippen LogP contribution in [0.4, 0.5) is 35.1 Å². The monoisotopic (exact) mass is 930 g/mol. The molecule has 0 aliphatic carbocycles. The number of carbonyl (C=O) groups is 2. The van der Waals surface area contributed by atoms with Crippen molar-refractivity contribution in [2.75, 3.05) is 33.4 Å². The van der Waals surface area contributed by atoms with Crippen molar-refractivity contribution in [3.63, 3.8) is 0 Å². The van der Waals surface area contributed by atoms with Gasteiger partial charge in [0.05, 0.1) is 23.5 Å². The summed E-state index contributed by atoms with van der Waals surface area (Å²) in [5, 5.41) is 42.1. The average Bonchev–Trinajstić information content (AvgIpc) is 3.52. The average molecular weight is 931 g/mol. The lowest BCUT2D eigenvalue weighted by molar-refractivity contribution is -0.193. The van der Waals surface area contributed by atoms with Crippen molar-refractivity contribution in [3.05, 3.63) is 41.0 Å². The van der Waals surface area contributed by atoms with Crippen LogP contribution in [0.25, 0.3) is 10.1 Å². The molecule has 30 heteroatoms. The number of nitrogens with one attached hydrogen (secondary N) is 5. The molecular formula is C30H35F8N8O11PS2. The zero-order valence-electron chi connectivity index (χ0n) is 30.7. The van der Waals surface area contributed by atoms with Crippen LogP contribution in [0.3, 0.4) is 0 Å². The van der Waals surface area contributed by atoms with E-state index in [9.17, 15) is 48.6 Å². The van der Waals surface area contributed by atoms with Crippen molar-refractivity contribution < 1.29 is 86.8 Å². The molecule has 0 radical (unpaired) electrons. The first kappa shape index (κ1) is 52.3. The highest BCUT2D eigenvalue weighted by molar-refractivity contribution is 7.91. The Hall–Kier alpha value is -5.69. The van der Waals surface area contributed by atoms with Crippen molar-refractivity contribution in [2.24, 2.45) is 11.5 Å². The van der Waals surface area contributed by atoms with Crippen LogP contribution >= 0.6 is 18.9 Å². The molecule has 0 saturated heterocycles. The van der Waals surface area contributed by atoms with Crippen LogP contribution < -0.4 is 46.1 Å². The number of fused-ring (bicyclic) bond motifs is 1. The van der Waals surface area contributed by atoms with Gasteiger partial charge in [-0.15, -0.1) is 11.3 Å². The van der Waals surface area contributed by atoms with Gasteiger partial charge < -0.3 is 51.2 Å². The Labute approximate surface area is 337 Å². The summed E-state index contributed by atoms with van der Waals surface area (Å²) in [7, 11) is -8.25. The number of carboxylic acid groups (broad SMARTS) is 2. The molecule has 1 atom stereocenters. The molecule has 3 aromatic rings. The number of hydrogen-bond donors (Lipinski definition) is 10. The van der Waals surface area contributed by atoms with Gasteiger partial charge in [0.1, 0.15) is 27.1 Å². The third-order valence-corrected chi connectivity index (χ3v) is 11.4. The third-order valence-electron chi connectivity index (χ3n) is 6.72. The van der Waals surface area contributed by atoms with E-state index in [1.807, 2.05) is 0 Å². The molecule has 1 aromatic heterocycles. The predicted molar refractivity (Wildman–Crippen MR) is 196 cm³/mol. The fourth-order valence-corrected chi connectivity index (χ4v) is 8.49. The Kier molecular flexibility index (Phi) is 19.2. The van der Waals surface area contributed by atoms with Gasteiger partial charge in [0.2, 0.25) is 10.0 Å². The normalized spacial score (nSPS) is 12.3. The van der Waals surface area contributed by atoms with Crippen LogP contribution in [0.5, 0.6) is 17.2 Å². The topological polar surface area (TPSA) is 333 Å². The van der Waals surface area contributed by atoms with E-state index in [1.54, 1.807) is 13.0 Å². The van der Waals surface area contributed by atoms with Gasteiger partial charge >= 0.3 is 31.9 Å². The quantitative estimate of drug-likeness (QED) is 0.0324.